The normalized spacial score (nSPS) is 10.6. The molecule has 0 spiro atoms. The standard InChI is InChI=1S/C22H16N2O2/c25-13-17-6-3-5-16-8-10-18(12-20(16)17)23-24-22-11-9-15-4-1-2-7-19(15)21(22)14-26/h1-14,23-24H. The van der Waals surface area contributed by atoms with E-state index >= 15 is 0 Å². The van der Waals surface area contributed by atoms with Crippen molar-refractivity contribution in [1.82, 2.24) is 0 Å². The Balaban J connectivity index is 1.67. The molecule has 4 heteroatoms. The first-order valence-electron chi connectivity index (χ1n) is 8.27. The van der Waals surface area contributed by atoms with Crippen molar-refractivity contribution in [2.45, 2.75) is 0 Å². The molecule has 0 aliphatic rings. The van der Waals surface area contributed by atoms with Gasteiger partial charge >= 0.3 is 0 Å². The van der Waals surface area contributed by atoms with Crippen LogP contribution in [-0.2, 0) is 0 Å². The number of hydrogen-bond acceptors (Lipinski definition) is 4. The molecule has 0 radical (unpaired) electrons. The van der Waals surface area contributed by atoms with E-state index in [1.54, 1.807) is 6.07 Å². The molecular formula is C22H16N2O2. The van der Waals surface area contributed by atoms with Crippen molar-refractivity contribution in [2.75, 3.05) is 10.9 Å². The van der Waals surface area contributed by atoms with Crippen molar-refractivity contribution in [3.63, 3.8) is 0 Å². The third-order valence-corrected chi connectivity index (χ3v) is 4.47. The van der Waals surface area contributed by atoms with Crippen molar-refractivity contribution in [3.05, 3.63) is 83.9 Å². The van der Waals surface area contributed by atoms with Gasteiger partial charge in [-0.05, 0) is 39.7 Å². The Morgan fingerprint density at radius 3 is 2.27 bits per heavy atom. The van der Waals surface area contributed by atoms with Crippen LogP contribution in [0, 0.1) is 0 Å². The number of benzene rings is 4. The van der Waals surface area contributed by atoms with E-state index < -0.39 is 0 Å². The molecule has 0 bridgehead atoms. The average molecular weight is 340 g/mol. The molecule has 0 heterocycles. The van der Waals surface area contributed by atoms with Gasteiger partial charge < -0.3 is 10.9 Å². The van der Waals surface area contributed by atoms with Crippen molar-refractivity contribution >= 4 is 45.5 Å². The maximum absolute atomic E-state index is 11.6. The summed E-state index contributed by atoms with van der Waals surface area (Å²) in [5, 5.41) is 3.79. The van der Waals surface area contributed by atoms with Gasteiger partial charge in [-0.1, -0.05) is 54.6 Å². The molecule has 0 aliphatic carbocycles. The summed E-state index contributed by atoms with van der Waals surface area (Å²) in [7, 11) is 0. The molecule has 4 aromatic rings. The minimum Gasteiger partial charge on any atom is -0.301 e. The number of carbonyl (C=O) groups excluding carboxylic acids is 2. The smallest absolute Gasteiger partial charge is 0.152 e. The summed E-state index contributed by atoms with van der Waals surface area (Å²) in [4.78, 5) is 22.8. The molecule has 26 heavy (non-hydrogen) atoms. The van der Waals surface area contributed by atoms with E-state index in [2.05, 4.69) is 10.9 Å². The molecular weight excluding hydrogens is 324 g/mol. The first kappa shape index (κ1) is 15.8. The fraction of sp³-hybridized carbons (Fsp3) is 0. The Morgan fingerprint density at radius 1 is 0.654 bits per heavy atom. The van der Waals surface area contributed by atoms with Gasteiger partial charge in [-0.2, -0.15) is 0 Å². The summed E-state index contributed by atoms with van der Waals surface area (Å²) >= 11 is 0. The molecule has 0 aromatic heterocycles. The van der Waals surface area contributed by atoms with Gasteiger partial charge in [0.05, 0.1) is 11.4 Å². The molecule has 4 nitrogen and oxygen atoms in total. The molecule has 4 aromatic carbocycles. The molecule has 0 aliphatic heterocycles. The van der Waals surface area contributed by atoms with Crippen LogP contribution in [0.1, 0.15) is 20.7 Å². The van der Waals surface area contributed by atoms with Crippen LogP contribution >= 0.6 is 0 Å². The lowest BCUT2D eigenvalue weighted by Gasteiger charge is -2.14. The summed E-state index contributed by atoms with van der Waals surface area (Å²) in [6.07, 6.45) is 1.71. The van der Waals surface area contributed by atoms with Gasteiger partial charge in [0.15, 0.2) is 12.6 Å². The van der Waals surface area contributed by atoms with Crippen LogP contribution in [-0.4, -0.2) is 12.6 Å². The molecule has 126 valence electrons. The lowest BCUT2D eigenvalue weighted by atomic mass is 10.0. The van der Waals surface area contributed by atoms with Gasteiger partial charge in [-0.15, -0.1) is 0 Å². The van der Waals surface area contributed by atoms with Crippen molar-refractivity contribution in [2.24, 2.45) is 0 Å². The molecule has 0 fully saturated rings. The monoisotopic (exact) mass is 340 g/mol. The summed E-state index contributed by atoms with van der Waals surface area (Å²) in [6, 6.07) is 23.0. The number of nitrogens with one attached hydrogen (secondary N) is 2. The van der Waals surface area contributed by atoms with E-state index in [0.29, 0.717) is 16.8 Å². The van der Waals surface area contributed by atoms with Gasteiger partial charge in [0, 0.05) is 11.1 Å². The van der Waals surface area contributed by atoms with Gasteiger partial charge in [-0.3, -0.25) is 9.59 Å². The van der Waals surface area contributed by atoms with E-state index in [0.717, 1.165) is 39.8 Å². The van der Waals surface area contributed by atoms with E-state index in [1.165, 1.54) is 0 Å². The maximum Gasteiger partial charge on any atom is 0.152 e. The fourth-order valence-corrected chi connectivity index (χ4v) is 3.15. The Labute approximate surface area is 150 Å². The van der Waals surface area contributed by atoms with Gasteiger partial charge in [-0.25, -0.2) is 0 Å². The molecule has 0 atom stereocenters. The minimum absolute atomic E-state index is 0.602. The quantitative estimate of drug-likeness (QED) is 0.394. The molecule has 0 amide bonds. The molecule has 4 rings (SSSR count). The summed E-state index contributed by atoms with van der Waals surface area (Å²) < 4.78 is 0. The summed E-state index contributed by atoms with van der Waals surface area (Å²) in [5.74, 6) is 0. The van der Waals surface area contributed by atoms with Crippen LogP contribution in [0.3, 0.4) is 0 Å². The number of fused-ring (bicyclic) bond motifs is 2. The highest BCUT2D eigenvalue weighted by Crippen LogP contribution is 2.26. The second-order valence-electron chi connectivity index (χ2n) is 6.02. The fourth-order valence-electron chi connectivity index (χ4n) is 3.15. The van der Waals surface area contributed by atoms with Crippen LogP contribution in [0.15, 0.2) is 72.8 Å². The zero-order valence-electron chi connectivity index (χ0n) is 13.9. The Morgan fingerprint density at radius 2 is 1.42 bits per heavy atom. The van der Waals surface area contributed by atoms with Crippen molar-refractivity contribution < 1.29 is 9.59 Å². The predicted octanol–water partition coefficient (Wildman–Crippen LogP) is 5.06. The van der Waals surface area contributed by atoms with Crippen LogP contribution in [0.5, 0.6) is 0 Å². The van der Waals surface area contributed by atoms with Crippen molar-refractivity contribution in [3.8, 4) is 0 Å². The predicted molar refractivity (Wildman–Crippen MR) is 106 cm³/mol. The minimum atomic E-state index is 0.602. The average Bonchev–Trinajstić information content (AvgIpc) is 2.71. The highest BCUT2D eigenvalue weighted by atomic mass is 16.1. The van der Waals surface area contributed by atoms with Gasteiger partial charge in [0.25, 0.3) is 0 Å². The summed E-state index contributed by atoms with van der Waals surface area (Å²) in [5.41, 5.74) is 8.97. The largest absolute Gasteiger partial charge is 0.301 e. The van der Waals surface area contributed by atoms with Gasteiger partial charge in [0.2, 0.25) is 0 Å². The lowest BCUT2D eigenvalue weighted by Crippen LogP contribution is -2.10. The van der Waals surface area contributed by atoms with Crippen LogP contribution in [0.25, 0.3) is 21.5 Å². The maximum atomic E-state index is 11.6. The number of aldehydes is 2. The summed E-state index contributed by atoms with van der Waals surface area (Å²) in [6.45, 7) is 0. The first-order chi connectivity index (χ1) is 12.8. The van der Waals surface area contributed by atoms with Gasteiger partial charge in [0.1, 0.15) is 0 Å². The van der Waals surface area contributed by atoms with E-state index in [1.807, 2.05) is 66.7 Å². The van der Waals surface area contributed by atoms with E-state index in [9.17, 15) is 9.59 Å². The Bertz CT molecular complexity index is 1140. The first-order valence-corrected chi connectivity index (χ1v) is 8.27. The Hall–Kier alpha value is -3.66. The Kier molecular flexibility index (Phi) is 4.07. The zero-order valence-corrected chi connectivity index (χ0v) is 13.9. The topological polar surface area (TPSA) is 58.2 Å². The molecule has 0 saturated carbocycles. The number of hydrazine groups is 1. The molecule has 0 saturated heterocycles. The highest BCUT2D eigenvalue weighted by Gasteiger charge is 2.07. The second-order valence-corrected chi connectivity index (χ2v) is 6.02. The number of hydrogen-bond donors (Lipinski definition) is 2. The third-order valence-electron chi connectivity index (χ3n) is 4.47. The third kappa shape index (κ3) is 2.78. The SMILES string of the molecule is O=Cc1cccc2ccc(NNc3ccc4ccccc4c3C=O)cc12. The zero-order chi connectivity index (χ0) is 17.9. The van der Waals surface area contributed by atoms with Crippen LogP contribution < -0.4 is 10.9 Å². The molecule has 0 unspecified atom stereocenters. The molecule has 2 N–H and O–H groups in total. The van der Waals surface area contributed by atoms with Crippen LogP contribution in [0.2, 0.25) is 0 Å². The van der Waals surface area contributed by atoms with E-state index in [-0.39, 0.29) is 0 Å². The lowest BCUT2D eigenvalue weighted by molar-refractivity contribution is 0.111. The highest BCUT2D eigenvalue weighted by molar-refractivity contribution is 6.04. The number of carbonyl (C=O) groups is 2. The van der Waals surface area contributed by atoms with E-state index in [4.69, 9.17) is 0 Å². The van der Waals surface area contributed by atoms with Crippen LogP contribution in [0.4, 0.5) is 11.4 Å². The number of anilines is 2. The second kappa shape index (κ2) is 6.69. The van der Waals surface area contributed by atoms with Crippen molar-refractivity contribution in [1.29, 1.82) is 0 Å². The number of rotatable bonds is 5.